The highest BCUT2D eigenvalue weighted by molar-refractivity contribution is 7.99. The summed E-state index contributed by atoms with van der Waals surface area (Å²) in [6, 6.07) is 0. The third-order valence-corrected chi connectivity index (χ3v) is 4.56. The van der Waals surface area contributed by atoms with E-state index in [0.29, 0.717) is 17.1 Å². The van der Waals surface area contributed by atoms with E-state index in [1.807, 2.05) is 0 Å². The molecule has 0 aromatic carbocycles. The van der Waals surface area contributed by atoms with Gasteiger partial charge in [0.1, 0.15) is 5.78 Å². The summed E-state index contributed by atoms with van der Waals surface area (Å²) in [5, 5.41) is 3.82. The number of carbonyl (C=O) groups excluding carboxylic acids is 1. The Morgan fingerprint density at radius 1 is 1.50 bits per heavy atom. The molecule has 1 N–H and O–H groups in total. The zero-order valence-corrected chi connectivity index (χ0v) is 11.6. The Bertz CT molecular complexity index is 220. The molecule has 1 saturated heterocycles. The number of nitrogens with one attached hydrogen (secondary N) is 1. The highest BCUT2D eigenvalue weighted by atomic mass is 32.2. The van der Waals surface area contributed by atoms with E-state index in [9.17, 15) is 4.79 Å². The van der Waals surface area contributed by atoms with Gasteiger partial charge in [0.25, 0.3) is 0 Å². The first kappa shape index (κ1) is 14.0. The van der Waals surface area contributed by atoms with Crippen LogP contribution in [0.3, 0.4) is 0 Å². The van der Waals surface area contributed by atoms with Gasteiger partial charge in [-0.2, -0.15) is 0 Å². The monoisotopic (exact) mass is 243 g/mol. The average Bonchev–Trinajstić information content (AvgIpc) is 2.35. The second-order valence-corrected chi connectivity index (χ2v) is 5.63. The van der Waals surface area contributed by atoms with E-state index in [1.54, 1.807) is 11.8 Å². The van der Waals surface area contributed by atoms with Crippen molar-refractivity contribution in [3.05, 3.63) is 0 Å². The molecule has 0 radical (unpaired) electrons. The maximum absolute atomic E-state index is 12.4. The number of thioether (sulfide) groups is 1. The van der Waals surface area contributed by atoms with Crippen LogP contribution >= 0.6 is 11.8 Å². The van der Waals surface area contributed by atoms with Crippen LogP contribution < -0.4 is 5.32 Å². The van der Waals surface area contributed by atoms with Crippen LogP contribution in [-0.4, -0.2) is 24.0 Å². The number of piperidine rings is 1. The van der Waals surface area contributed by atoms with Crippen LogP contribution in [0.2, 0.25) is 0 Å². The molecular formula is C13H25NOS. The largest absolute Gasteiger partial charge is 0.305 e. The lowest BCUT2D eigenvalue weighted by Gasteiger charge is -2.32. The van der Waals surface area contributed by atoms with Gasteiger partial charge in [-0.15, -0.1) is 11.8 Å². The Morgan fingerprint density at radius 2 is 2.25 bits per heavy atom. The van der Waals surface area contributed by atoms with Crippen molar-refractivity contribution in [2.24, 2.45) is 11.8 Å². The van der Waals surface area contributed by atoms with Gasteiger partial charge in [-0.1, -0.05) is 20.3 Å². The summed E-state index contributed by atoms with van der Waals surface area (Å²) in [6.07, 6.45) is 7.52. The van der Waals surface area contributed by atoms with Crippen molar-refractivity contribution in [3.63, 3.8) is 0 Å². The van der Waals surface area contributed by atoms with Crippen molar-refractivity contribution in [1.29, 1.82) is 0 Å². The van der Waals surface area contributed by atoms with E-state index in [0.717, 1.165) is 38.6 Å². The molecule has 0 saturated carbocycles. The molecule has 1 rings (SSSR count). The van der Waals surface area contributed by atoms with Gasteiger partial charge in [0, 0.05) is 11.8 Å². The molecule has 1 aliphatic rings. The first-order valence-electron chi connectivity index (χ1n) is 6.54. The lowest BCUT2D eigenvalue weighted by atomic mass is 9.84. The standard InChI is InChI=1S/C13H25NOS/c1-4-7-10(5-2)12(15)11-8-6-9-14-13(11)16-3/h10-11,13-14H,4-9H2,1-3H3. The van der Waals surface area contributed by atoms with Gasteiger partial charge >= 0.3 is 0 Å². The second-order valence-electron chi connectivity index (χ2n) is 4.66. The van der Waals surface area contributed by atoms with Crippen LogP contribution in [-0.2, 0) is 4.79 Å². The topological polar surface area (TPSA) is 29.1 Å². The highest BCUT2D eigenvalue weighted by Crippen LogP contribution is 2.29. The first-order chi connectivity index (χ1) is 7.74. The summed E-state index contributed by atoms with van der Waals surface area (Å²) in [5.74, 6) is 1.06. The number of rotatable bonds is 6. The fourth-order valence-corrected chi connectivity index (χ4v) is 3.48. The van der Waals surface area contributed by atoms with Crippen molar-refractivity contribution < 1.29 is 4.79 Å². The van der Waals surface area contributed by atoms with Gasteiger partial charge in [-0.3, -0.25) is 4.79 Å². The molecule has 0 amide bonds. The Hall–Kier alpha value is -0.0200. The van der Waals surface area contributed by atoms with Gasteiger partial charge < -0.3 is 5.32 Å². The average molecular weight is 243 g/mol. The summed E-state index contributed by atoms with van der Waals surface area (Å²) in [6.45, 7) is 5.38. The molecule has 0 aromatic rings. The predicted octanol–water partition coefficient (Wildman–Crippen LogP) is 3.07. The zero-order chi connectivity index (χ0) is 12.0. The molecule has 0 aromatic heterocycles. The summed E-state index contributed by atoms with van der Waals surface area (Å²) in [7, 11) is 0. The molecule has 2 nitrogen and oxygen atoms in total. The van der Waals surface area contributed by atoms with E-state index in [4.69, 9.17) is 0 Å². The highest BCUT2D eigenvalue weighted by Gasteiger charge is 2.33. The number of hydrogen-bond donors (Lipinski definition) is 1. The smallest absolute Gasteiger partial charge is 0.141 e. The maximum atomic E-state index is 12.4. The number of Topliss-reactive ketones (excluding diaryl/α,β-unsaturated/α-hetero) is 1. The molecule has 3 heteroatoms. The Balaban J connectivity index is 2.61. The Morgan fingerprint density at radius 3 is 2.81 bits per heavy atom. The lowest BCUT2D eigenvalue weighted by molar-refractivity contribution is -0.128. The zero-order valence-electron chi connectivity index (χ0n) is 10.8. The molecule has 1 aliphatic heterocycles. The second kappa shape index (κ2) is 7.33. The number of hydrogen-bond acceptors (Lipinski definition) is 3. The first-order valence-corrected chi connectivity index (χ1v) is 7.83. The third-order valence-electron chi connectivity index (χ3n) is 3.55. The molecular weight excluding hydrogens is 218 g/mol. The molecule has 0 bridgehead atoms. The quantitative estimate of drug-likeness (QED) is 0.777. The van der Waals surface area contributed by atoms with E-state index in [-0.39, 0.29) is 5.92 Å². The fraction of sp³-hybridized carbons (Fsp3) is 0.923. The van der Waals surface area contributed by atoms with Crippen LogP contribution in [0.4, 0.5) is 0 Å². The van der Waals surface area contributed by atoms with Crippen LogP contribution in [0.15, 0.2) is 0 Å². The van der Waals surface area contributed by atoms with Crippen molar-refractivity contribution in [2.75, 3.05) is 12.8 Å². The van der Waals surface area contributed by atoms with Crippen molar-refractivity contribution in [3.8, 4) is 0 Å². The fourth-order valence-electron chi connectivity index (χ4n) is 2.60. The summed E-state index contributed by atoms with van der Waals surface area (Å²) >= 11 is 1.80. The van der Waals surface area contributed by atoms with Gasteiger partial charge in [-0.05, 0) is 38.5 Å². The number of ketones is 1. The number of carbonyl (C=O) groups is 1. The molecule has 3 unspecified atom stereocenters. The third kappa shape index (κ3) is 3.49. The van der Waals surface area contributed by atoms with Crippen LogP contribution in [0.1, 0.15) is 46.0 Å². The molecule has 1 heterocycles. The Kier molecular flexibility index (Phi) is 6.44. The van der Waals surface area contributed by atoms with Crippen LogP contribution in [0, 0.1) is 11.8 Å². The maximum Gasteiger partial charge on any atom is 0.141 e. The summed E-state index contributed by atoms with van der Waals surface area (Å²) < 4.78 is 0. The molecule has 3 atom stereocenters. The normalized spacial score (nSPS) is 27.7. The van der Waals surface area contributed by atoms with Gasteiger partial charge in [0.2, 0.25) is 0 Å². The van der Waals surface area contributed by atoms with E-state index < -0.39 is 0 Å². The molecule has 16 heavy (non-hydrogen) atoms. The van der Waals surface area contributed by atoms with E-state index >= 15 is 0 Å². The van der Waals surface area contributed by atoms with Gasteiger partial charge in [0.15, 0.2) is 0 Å². The SMILES string of the molecule is CCCC(CC)C(=O)C1CCCNC1SC. The minimum absolute atomic E-state index is 0.250. The van der Waals surface area contributed by atoms with Crippen molar-refractivity contribution in [1.82, 2.24) is 5.32 Å². The van der Waals surface area contributed by atoms with Gasteiger partial charge in [-0.25, -0.2) is 0 Å². The van der Waals surface area contributed by atoms with Crippen molar-refractivity contribution >= 4 is 17.5 Å². The molecule has 0 aliphatic carbocycles. The summed E-state index contributed by atoms with van der Waals surface area (Å²) in [5.41, 5.74) is 0. The van der Waals surface area contributed by atoms with Gasteiger partial charge in [0.05, 0.1) is 5.37 Å². The lowest BCUT2D eigenvalue weighted by Crippen LogP contribution is -2.44. The molecule has 1 fully saturated rings. The van der Waals surface area contributed by atoms with E-state index in [2.05, 4.69) is 25.4 Å². The van der Waals surface area contributed by atoms with Crippen molar-refractivity contribution in [2.45, 2.75) is 51.3 Å². The Labute approximate surface area is 104 Å². The molecule has 94 valence electrons. The molecule has 0 spiro atoms. The summed E-state index contributed by atoms with van der Waals surface area (Å²) in [4.78, 5) is 12.4. The minimum atomic E-state index is 0.250. The minimum Gasteiger partial charge on any atom is -0.305 e. The van der Waals surface area contributed by atoms with E-state index in [1.165, 1.54) is 0 Å². The van der Waals surface area contributed by atoms with Crippen LogP contribution in [0.25, 0.3) is 0 Å². The van der Waals surface area contributed by atoms with Crippen LogP contribution in [0.5, 0.6) is 0 Å². The predicted molar refractivity (Wildman–Crippen MR) is 71.7 cm³/mol.